The molecule has 0 heterocycles. The van der Waals surface area contributed by atoms with Crippen LogP contribution in [0.2, 0.25) is 0 Å². The quantitative estimate of drug-likeness (QED) is 0.715. The Kier molecular flexibility index (Phi) is 6.25. The molecule has 0 atom stereocenters. The van der Waals surface area contributed by atoms with Crippen LogP contribution >= 0.6 is 0 Å². The number of ether oxygens (including phenoxy) is 1. The molecule has 0 saturated heterocycles. The highest BCUT2D eigenvalue weighted by molar-refractivity contribution is 7.89. The molecule has 0 aliphatic rings. The monoisotopic (exact) mass is 281 g/mol. The Hall–Kier alpha value is -0.660. The van der Waals surface area contributed by atoms with E-state index >= 15 is 0 Å². The normalized spacial score (nSPS) is 13.3. The van der Waals surface area contributed by atoms with Crippen molar-refractivity contribution in [2.24, 2.45) is 0 Å². The van der Waals surface area contributed by atoms with E-state index in [9.17, 15) is 13.2 Å². The van der Waals surface area contributed by atoms with Crippen molar-refractivity contribution in [1.29, 1.82) is 0 Å². The molecule has 108 valence electrons. The highest BCUT2D eigenvalue weighted by Crippen LogP contribution is 2.19. The van der Waals surface area contributed by atoms with Gasteiger partial charge in [-0.05, 0) is 27.7 Å². The zero-order valence-corrected chi connectivity index (χ0v) is 12.5. The average Bonchev–Trinajstić information content (AvgIpc) is 2.15. The highest BCUT2D eigenvalue weighted by atomic mass is 32.2. The van der Waals surface area contributed by atoms with Gasteiger partial charge < -0.3 is 9.84 Å². The van der Waals surface area contributed by atoms with Crippen LogP contribution in [-0.2, 0) is 19.6 Å². The van der Waals surface area contributed by atoms with Gasteiger partial charge >= 0.3 is 5.97 Å². The van der Waals surface area contributed by atoms with Crippen molar-refractivity contribution in [2.45, 2.75) is 46.3 Å². The molecule has 1 N–H and O–H groups in total. The van der Waals surface area contributed by atoms with Gasteiger partial charge in [0.05, 0.1) is 18.5 Å². The van der Waals surface area contributed by atoms with Gasteiger partial charge in [0.25, 0.3) is 0 Å². The van der Waals surface area contributed by atoms with Crippen molar-refractivity contribution >= 4 is 16.0 Å². The summed E-state index contributed by atoms with van der Waals surface area (Å²) in [5, 5.41) is 9.08. The molecule has 0 aliphatic carbocycles. The molecule has 0 unspecified atom stereocenters. The first-order valence-electron chi connectivity index (χ1n) is 5.91. The van der Waals surface area contributed by atoms with Gasteiger partial charge in [-0.2, -0.15) is 4.31 Å². The topological polar surface area (TPSA) is 83.9 Å². The summed E-state index contributed by atoms with van der Waals surface area (Å²) in [4.78, 5) is 11.1. The minimum atomic E-state index is -3.64. The first-order valence-corrected chi connectivity index (χ1v) is 7.52. The fraction of sp³-hybridized carbons (Fsp3) is 0.909. The van der Waals surface area contributed by atoms with E-state index in [0.717, 1.165) is 4.31 Å². The summed E-state index contributed by atoms with van der Waals surface area (Å²) in [7, 11) is -3.64. The predicted octanol–water partition coefficient (Wildman–Crippen LogP) is 0.926. The van der Waals surface area contributed by atoms with Crippen molar-refractivity contribution in [3.63, 3.8) is 0 Å². The van der Waals surface area contributed by atoms with Gasteiger partial charge in [-0.3, -0.25) is 4.79 Å². The van der Waals surface area contributed by atoms with Crippen LogP contribution in [0.3, 0.4) is 0 Å². The molecular weight excluding hydrogens is 258 g/mol. The molecule has 0 aromatic heterocycles. The molecule has 7 heteroatoms. The molecule has 0 aromatic carbocycles. The van der Waals surface area contributed by atoms with Gasteiger partial charge in [-0.25, -0.2) is 8.42 Å². The van der Waals surface area contributed by atoms with Gasteiger partial charge in [0.2, 0.25) is 10.0 Å². The molecular formula is C11H23NO5S. The maximum absolute atomic E-state index is 12.1. The van der Waals surface area contributed by atoms with E-state index < -0.39 is 21.5 Å². The fourth-order valence-electron chi connectivity index (χ4n) is 1.55. The summed E-state index contributed by atoms with van der Waals surface area (Å²) in [5.41, 5.74) is -1.45. The van der Waals surface area contributed by atoms with Gasteiger partial charge in [-0.15, -0.1) is 0 Å². The van der Waals surface area contributed by atoms with Crippen molar-refractivity contribution < 1.29 is 23.1 Å². The molecule has 0 bridgehead atoms. The number of aliphatic carboxylic acids is 1. The Bertz CT molecular complexity index is 375. The van der Waals surface area contributed by atoms with Gasteiger partial charge in [0, 0.05) is 6.54 Å². The standard InChI is InChI=1S/C11H23NO5S/c1-6-12(11(4,5)10(13)14)18(15,16)8-7-17-9(2)3/h9H,6-8H2,1-5H3,(H,13,14). The van der Waals surface area contributed by atoms with Crippen LogP contribution in [0, 0.1) is 0 Å². The molecule has 0 spiro atoms. The Morgan fingerprint density at radius 3 is 2.22 bits per heavy atom. The summed E-state index contributed by atoms with van der Waals surface area (Å²) in [6.45, 7) is 8.16. The minimum Gasteiger partial charge on any atom is -0.480 e. The van der Waals surface area contributed by atoms with Crippen molar-refractivity contribution in [1.82, 2.24) is 4.31 Å². The zero-order valence-electron chi connectivity index (χ0n) is 11.6. The van der Waals surface area contributed by atoms with Crippen LogP contribution in [0.25, 0.3) is 0 Å². The van der Waals surface area contributed by atoms with E-state index in [0.29, 0.717) is 0 Å². The predicted molar refractivity (Wildman–Crippen MR) is 69.0 cm³/mol. The summed E-state index contributed by atoms with van der Waals surface area (Å²) < 4.78 is 30.3. The van der Waals surface area contributed by atoms with Gasteiger partial charge in [0.15, 0.2) is 0 Å². The SMILES string of the molecule is CCN(C(C)(C)C(=O)O)S(=O)(=O)CCOC(C)C. The van der Waals surface area contributed by atoms with Crippen LogP contribution in [0.1, 0.15) is 34.6 Å². The maximum atomic E-state index is 12.1. The number of nitrogens with zero attached hydrogens (tertiary/aromatic N) is 1. The third kappa shape index (κ3) is 4.55. The summed E-state index contributed by atoms with van der Waals surface area (Å²) in [6, 6.07) is 0. The highest BCUT2D eigenvalue weighted by Gasteiger charge is 2.40. The molecule has 0 amide bonds. The summed E-state index contributed by atoms with van der Waals surface area (Å²) >= 11 is 0. The molecule has 0 rings (SSSR count). The van der Waals surface area contributed by atoms with E-state index in [1.54, 1.807) is 6.92 Å². The number of hydrogen-bond acceptors (Lipinski definition) is 4. The Labute approximate surface area is 109 Å². The first-order chi connectivity index (χ1) is 8.05. The molecule has 0 aliphatic heterocycles. The van der Waals surface area contributed by atoms with Crippen LogP contribution in [0.15, 0.2) is 0 Å². The lowest BCUT2D eigenvalue weighted by Gasteiger charge is -2.33. The molecule has 0 saturated carbocycles. The number of carboxylic acid groups (broad SMARTS) is 1. The second kappa shape index (κ2) is 6.49. The van der Waals surface area contributed by atoms with E-state index in [2.05, 4.69) is 0 Å². The zero-order chi connectivity index (χ0) is 14.6. The van der Waals surface area contributed by atoms with Crippen LogP contribution in [0.5, 0.6) is 0 Å². The number of carboxylic acids is 1. The largest absolute Gasteiger partial charge is 0.480 e. The number of rotatable bonds is 8. The van der Waals surface area contributed by atoms with Crippen molar-refractivity contribution in [3.8, 4) is 0 Å². The van der Waals surface area contributed by atoms with E-state index in [-0.39, 0.29) is 25.0 Å². The van der Waals surface area contributed by atoms with Crippen LogP contribution < -0.4 is 0 Å². The summed E-state index contributed by atoms with van der Waals surface area (Å²) in [5.74, 6) is -1.38. The number of carbonyl (C=O) groups is 1. The summed E-state index contributed by atoms with van der Waals surface area (Å²) in [6.07, 6.45) is -0.0530. The smallest absolute Gasteiger partial charge is 0.324 e. The molecule has 18 heavy (non-hydrogen) atoms. The third-order valence-corrected chi connectivity index (χ3v) is 4.63. The Morgan fingerprint density at radius 2 is 1.89 bits per heavy atom. The number of sulfonamides is 1. The first kappa shape index (κ1) is 17.3. The Morgan fingerprint density at radius 1 is 1.39 bits per heavy atom. The van der Waals surface area contributed by atoms with Crippen molar-refractivity contribution in [3.05, 3.63) is 0 Å². The van der Waals surface area contributed by atoms with Gasteiger partial charge in [0.1, 0.15) is 5.54 Å². The molecule has 6 nitrogen and oxygen atoms in total. The lowest BCUT2D eigenvalue weighted by molar-refractivity contribution is -0.146. The fourth-order valence-corrected chi connectivity index (χ4v) is 3.24. The van der Waals surface area contributed by atoms with E-state index in [1.165, 1.54) is 13.8 Å². The van der Waals surface area contributed by atoms with Crippen LogP contribution in [-0.4, -0.2) is 54.3 Å². The maximum Gasteiger partial charge on any atom is 0.324 e. The van der Waals surface area contributed by atoms with Crippen molar-refractivity contribution in [2.75, 3.05) is 18.9 Å². The average molecular weight is 281 g/mol. The molecule has 0 aromatic rings. The van der Waals surface area contributed by atoms with E-state index in [1.807, 2.05) is 13.8 Å². The van der Waals surface area contributed by atoms with E-state index in [4.69, 9.17) is 9.84 Å². The Balaban J connectivity index is 4.89. The van der Waals surface area contributed by atoms with Gasteiger partial charge in [-0.1, -0.05) is 6.92 Å². The lowest BCUT2D eigenvalue weighted by atomic mass is 10.1. The third-order valence-electron chi connectivity index (χ3n) is 2.56. The second-order valence-corrected chi connectivity index (χ2v) is 6.78. The number of likely N-dealkylation sites (N-methyl/N-ethyl adjacent to an activating group) is 1. The lowest BCUT2D eigenvalue weighted by Crippen LogP contribution is -2.53. The second-order valence-electron chi connectivity index (χ2n) is 4.76. The molecule has 0 fully saturated rings. The number of hydrogen-bond donors (Lipinski definition) is 1. The minimum absolute atomic E-state index is 0.0530. The van der Waals surface area contributed by atoms with Crippen LogP contribution in [0.4, 0.5) is 0 Å². The molecule has 0 radical (unpaired) electrons.